The maximum absolute atomic E-state index is 12.0. The van der Waals surface area contributed by atoms with E-state index in [0.29, 0.717) is 13.1 Å². The van der Waals surface area contributed by atoms with E-state index in [4.69, 9.17) is 16.0 Å². The molecule has 1 aromatic heterocycles. The van der Waals surface area contributed by atoms with Crippen molar-refractivity contribution >= 4 is 23.2 Å². The molecular formula is C18H22ClN3O2. The summed E-state index contributed by atoms with van der Waals surface area (Å²) in [6.45, 7) is 6.47. The van der Waals surface area contributed by atoms with Gasteiger partial charge in [-0.05, 0) is 36.8 Å². The van der Waals surface area contributed by atoms with Crippen LogP contribution in [0.4, 0.5) is 5.69 Å². The van der Waals surface area contributed by atoms with E-state index < -0.39 is 0 Å². The standard InChI is InChI=1S/C18H22ClN3O2/c1-14-4-5-15(19)11-17(14)22-8-6-21(7-9-22)13-18(23)20-12-16-3-2-10-24-16/h2-5,10-11H,6-9,12-13H2,1H3,(H,20,23). The van der Waals surface area contributed by atoms with Crippen LogP contribution in [0.1, 0.15) is 11.3 Å². The summed E-state index contributed by atoms with van der Waals surface area (Å²) in [6, 6.07) is 9.65. The molecule has 0 spiro atoms. The Morgan fingerprint density at radius 1 is 1.25 bits per heavy atom. The lowest BCUT2D eigenvalue weighted by Crippen LogP contribution is -2.49. The Morgan fingerprint density at radius 3 is 2.75 bits per heavy atom. The van der Waals surface area contributed by atoms with Crippen LogP contribution in [-0.4, -0.2) is 43.5 Å². The zero-order valence-electron chi connectivity index (χ0n) is 13.8. The van der Waals surface area contributed by atoms with Crippen LogP contribution in [0.2, 0.25) is 5.02 Å². The number of rotatable bonds is 5. The van der Waals surface area contributed by atoms with Crippen molar-refractivity contribution in [2.45, 2.75) is 13.5 Å². The van der Waals surface area contributed by atoms with Gasteiger partial charge in [-0.15, -0.1) is 0 Å². The van der Waals surface area contributed by atoms with Crippen LogP contribution < -0.4 is 10.2 Å². The maximum Gasteiger partial charge on any atom is 0.234 e. The predicted octanol–water partition coefficient (Wildman–Crippen LogP) is 2.68. The first-order valence-electron chi connectivity index (χ1n) is 8.14. The Bertz CT molecular complexity index is 680. The molecule has 1 aliphatic rings. The lowest BCUT2D eigenvalue weighted by Gasteiger charge is -2.36. The van der Waals surface area contributed by atoms with Gasteiger partial charge in [0, 0.05) is 36.9 Å². The fraction of sp³-hybridized carbons (Fsp3) is 0.389. The molecular weight excluding hydrogens is 326 g/mol. The minimum Gasteiger partial charge on any atom is -0.467 e. The molecule has 0 saturated carbocycles. The van der Waals surface area contributed by atoms with Gasteiger partial charge in [-0.25, -0.2) is 0 Å². The Morgan fingerprint density at radius 2 is 2.04 bits per heavy atom. The molecule has 5 nitrogen and oxygen atoms in total. The third-order valence-corrected chi connectivity index (χ3v) is 4.53. The number of hydrogen-bond donors (Lipinski definition) is 1. The van der Waals surface area contributed by atoms with Crippen molar-refractivity contribution in [1.82, 2.24) is 10.2 Å². The van der Waals surface area contributed by atoms with Gasteiger partial charge in [-0.2, -0.15) is 0 Å². The average Bonchev–Trinajstić information content (AvgIpc) is 3.10. The monoisotopic (exact) mass is 347 g/mol. The number of furan rings is 1. The second kappa shape index (κ2) is 7.73. The van der Waals surface area contributed by atoms with Crippen molar-refractivity contribution in [2.24, 2.45) is 0 Å². The smallest absolute Gasteiger partial charge is 0.234 e. The molecule has 0 unspecified atom stereocenters. The average molecular weight is 348 g/mol. The van der Waals surface area contributed by atoms with Crippen molar-refractivity contribution < 1.29 is 9.21 Å². The number of nitrogens with zero attached hydrogens (tertiary/aromatic N) is 2. The molecule has 1 N–H and O–H groups in total. The normalized spacial score (nSPS) is 15.5. The Kier molecular flexibility index (Phi) is 5.43. The van der Waals surface area contributed by atoms with Crippen LogP contribution in [0.5, 0.6) is 0 Å². The molecule has 0 bridgehead atoms. The van der Waals surface area contributed by atoms with Crippen molar-refractivity contribution in [1.29, 1.82) is 0 Å². The zero-order valence-corrected chi connectivity index (χ0v) is 14.6. The molecule has 1 saturated heterocycles. The number of nitrogens with one attached hydrogen (secondary N) is 1. The molecule has 3 rings (SSSR count). The van der Waals surface area contributed by atoms with Gasteiger partial charge in [0.1, 0.15) is 5.76 Å². The molecule has 0 aliphatic carbocycles. The first-order chi connectivity index (χ1) is 11.6. The summed E-state index contributed by atoms with van der Waals surface area (Å²) in [4.78, 5) is 16.5. The van der Waals surface area contributed by atoms with Crippen LogP contribution in [0.15, 0.2) is 41.0 Å². The van der Waals surface area contributed by atoms with Gasteiger partial charge in [-0.3, -0.25) is 9.69 Å². The second-order valence-corrected chi connectivity index (χ2v) is 6.49. The minimum atomic E-state index is 0.0267. The third-order valence-electron chi connectivity index (χ3n) is 4.29. The van der Waals surface area contributed by atoms with Gasteiger partial charge >= 0.3 is 0 Å². The highest BCUT2D eigenvalue weighted by Crippen LogP contribution is 2.25. The molecule has 1 aliphatic heterocycles. The summed E-state index contributed by atoms with van der Waals surface area (Å²) >= 11 is 6.11. The topological polar surface area (TPSA) is 48.7 Å². The molecule has 2 aromatic rings. The molecule has 1 aromatic carbocycles. The van der Waals surface area contributed by atoms with Crippen molar-refractivity contribution in [2.75, 3.05) is 37.6 Å². The molecule has 6 heteroatoms. The number of halogens is 1. The summed E-state index contributed by atoms with van der Waals surface area (Å²) in [5, 5.41) is 3.65. The van der Waals surface area contributed by atoms with E-state index in [9.17, 15) is 4.79 Å². The van der Waals surface area contributed by atoms with Gasteiger partial charge in [0.2, 0.25) is 5.91 Å². The molecule has 1 amide bonds. The van der Waals surface area contributed by atoms with Crippen molar-refractivity contribution in [3.63, 3.8) is 0 Å². The van der Waals surface area contributed by atoms with Gasteiger partial charge in [-0.1, -0.05) is 17.7 Å². The third kappa shape index (κ3) is 4.30. The molecule has 0 atom stereocenters. The number of anilines is 1. The summed E-state index contributed by atoms with van der Waals surface area (Å²) in [6.07, 6.45) is 1.61. The van der Waals surface area contributed by atoms with E-state index in [0.717, 1.165) is 37.0 Å². The van der Waals surface area contributed by atoms with Crippen LogP contribution in [0.3, 0.4) is 0 Å². The van der Waals surface area contributed by atoms with Crippen LogP contribution in [0.25, 0.3) is 0 Å². The largest absolute Gasteiger partial charge is 0.467 e. The highest BCUT2D eigenvalue weighted by Gasteiger charge is 2.20. The number of carbonyl (C=O) groups excluding carboxylic acids is 1. The Labute approximate surface area is 147 Å². The SMILES string of the molecule is Cc1ccc(Cl)cc1N1CCN(CC(=O)NCc2ccco2)CC1. The molecule has 128 valence electrons. The lowest BCUT2D eigenvalue weighted by molar-refractivity contribution is -0.122. The fourth-order valence-electron chi connectivity index (χ4n) is 2.93. The zero-order chi connectivity index (χ0) is 16.9. The first-order valence-corrected chi connectivity index (χ1v) is 8.52. The van der Waals surface area contributed by atoms with E-state index in [-0.39, 0.29) is 5.91 Å². The quantitative estimate of drug-likeness (QED) is 0.903. The van der Waals surface area contributed by atoms with Crippen LogP contribution in [0, 0.1) is 6.92 Å². The maximum atomic E-state index is 12.0. The summed E-state index contributed by atoms with van der Waals surface area (Å²) < 4.78 is 5.21. The Balaban J connectivity index is 1.46. The molecule has 0 radical (unpaired) electrons. The highest BCUT2D eigenvalue weighted by atomic mass is 35.5. The minimum absolute atomic E-state index is 0.0267. The lowest BCUT2D eigenvalue weighted by atomic mass is 10.1. The van der Waals surface area contributed by atoms with E-state index in [1.807, 2.05) is 30.3 Å². The summed E-state index contributed by atoms with van der Waals surface area (Å²) in [5.41, 5.74) is 2.41. The van der Waals surface area contributed by atoms with Gasteiger partial charge in [0.15, 0.2) is 0 Å². The molecule has 24 heavy (non-hydrogen) atoms. The highest BCUT2D eigenvalue weighted by molar-refractivity contribution is 6.30. The van der Waals surface area contributed by atoms with E-state index in [1.165, 1.54) is 11.3 Å². The number of aryl methyl sites for hydroxylation is 1. The molecule has 1 fully saturated rings. The first kappa shape index (κ1) is 16.9. The number of benzene rings is 1. The number of piperazine rings is 1. The van der Waals surface area contributed by atoms with Gasteiger partial charge in [0.05, 0.1) is 19.4 Å². The van der Waals surface area contributed by atoms with Crippen LogP contribution >= 0.6 is 11.6 Å². The number of hydrogen-bond acceptors (Lipinski definition) is 4. The fourth-order valence-corrected chi connectivity index (χ4v) is 3.09. The van der Waals surface area contributed by atoms with Gasteiger partial charge in [0.25, 0.3) is 0 Å². The van der Waals surface area contributed by atoms with Crippen molar-refractivity contribution in [3.8, 4) is 0 Å². The van der Waals surface area contributed by atoms with E-state index in [1.54, 1.807) is 6.26 Å². The van der Waals surface area contributed by atoms with Crippen LogP contribution in [-0.2, 0) is 11.3 Å². The van der Waals surface area contributed by atoms with E-state index in [2.05, 4.69) is 22.0 Å². The van der Waals surface area contributed by atoms with E-state index >= 15 is 0 Å². The summed E-state index contributed by atoms with van der Waals surface area (Å²) in [7, 11) is 0. The predicted molar refractivity (Wildman–Crippen MR) is 95.4 cm³/mol. The molecule has 2 heterocycles. The second-order valence-electron chi connectivity index (χ2n) is 6.05. The number of carbonyl (C=O) groups is 1. The van der Waals surface area contributed by atoms with Gasteiger partial charge < -0.3 is 14.6 Å². The Hall–Kier alpha value is -1.98. The van der Waals surface area contributed by atoms with Crippen molar-refractivity contribution in [3.05, 3.63) is 52.9 Å². The summed E-state index contributed by atoms with van der Waals surface area (Å²) in [5.74, 6) is 0.795. The number of amides is 1.